The number of benzene rings is 2. The van der Waals surface area contributed by atoms with Crippen LogP contribution in [0.4, 0.5) is 5.69 Å². The number of carbonyl (C=O) groups excluding carboxylic acids is 3. The second-order valence-electron chi connectivity index (χ2n) is 8.62. The van der Waals surface area contributed by atoms with E-state index in [1.165, 1.54) is 11.3 Å². The Morgan fingerprint density at radius 3 is 2.33 bits per heavy atom. The van der Waals surface area contributed by atoms with Crippen LogP contribution in [-0.4, -0.2) is 34.7 Å². The van der Waals surface area contributed by atoms with Gasteiger partial charge in [-0.15, -0.1) is 11.3 Å². The molecule has 5 rings (SSSR count). The van der Waals surface area contributed by atoms with Gasteiger partial charge in [0.25, 0.3) is 17.7 Å². The van der Waals surface area contributed by atoms with Gasteiger partial charge in [-0.2, -0.15) is 0 Å². The van der Waals surface area contributed by atoms with E-state index in [1.54, 1.807) is 30.3 Å². The Morgan fingerprint density at radius 2 is 1.67 bits per heavy atom. The van der Waals surface area contributed by atoms with Crippen LogP contribution in [-0.2, 0) is 6.54 Å². The zero-order valence-electron chi connectivity index (χ0n) is 18.1. The first-order chi connectivity index (χ1) is 16.1. The Morgan fingerprint density at radius 1 is 0.879 bits per heavy atom. The fraction of sp³-hybridized carbons (Fsp3) is 0.269. The molecule has 6 nitrogen and oxygen atoms in total. The van der Waals surface area contributed by atoms with E-state index in [2.05, 4.69) is 10.6 Å². The summed E-state index contributed by atoms with van der Waals surface area (Å²) in [4.78, 5) is 40.4. The van der Waals surface area contributed by atoms with Crippen molar-refractivity contribution in [3.8, 4) is 0 Å². The van der Waals surface area contributed by atoms with Crippen molar-refractivity contribution >= 4 is 34.7 Å². The highest BCUT2D eigenvalue weighted by atomic mass is 32.1. The zero-order chi connectivity index (χ0) is 22.8. The van der Waals surface area contributed by atoms with Gasteiger partial charge >= 0.3 is 0 Å². The van der Waals surface area contributed by atoms with Gasteiger partial charge in [-0.25, -0.2) is 0 Å². The monoisotopic (exact) mass is 459 g/mol. The van der Waals surface area contributed by atoms with Gasteiger partial charge in [0.2, 0.25) is 0 Å². The molecule has 1 aromatic heterocycles. The van der Waals surface area contributed by atoms with Crippen LogP contribution < -0.4 is 10.6 Å². The molecule has 3 aromatic rings. The number of thiophene rings is 1. The van der Waals surface area contributed by atoms with Gasteiger partial charge in [0.1, 0.15) is 0 Å². The Labute approximate surface area is 196 Å². The molecule has 0 saturated heterocycles. The quantitative estimate of drug-likeness (QED) is 0.513. The molecule has 2 aliphatic rings. The molecule has 0 unspecified atom stereocenters. The molecule has 0 atom stereocenters. The van der Waals surface area contributed by atoms with Crippen molar-refractivity contribution in [1.82, 2.24) is 10.2 Å². The molecule has 7 heteroatoms. The third-order valence-electron chi connectivity index (χ3n) is 5.84. The van der Waals surface area contributed by atoms with E-state index in [0.29, 0.717) is 34.3 Å². The second kappa shape index (κ2) is 9.19. The Bertz CT molecular complexity index is 1170. The highest BCUT2D eigenvalue weighted by Gasteiger charge is 2.33. The van der Waals surface area contributed by atoms with Crippen LogP contribution in [0.15, 0.2) is 66.0 Å². The molecule has 2 aromatic carbocycles. The Hall–Kier alpha value is -3.45. The van der Waals surface area contributed by atoms with Gasteiger partial charge in [0.15, 0.2) is 0 Å². The zero-order valence-corrected chi connectivity index (χ0v) is 18.9. The van der Waals surface area contributed by atoms with Crippen LogP contribution >= 0.6 is 11.3 Å². The van der Waals surface area contributed by atoms with Crippen LogP contribution in [0.1, 0.15) is 61.6 Å². The lowest BCUT2D eigenvalue weighted by Gasteiger charge is -2.23. The minimum atomic E-state index is -0.181. The molecule has 33 heavy (non-hydrogen) atoms. The van der Waals surface area contributed by atoms with Gasteiger partial charge < -0.3 is 15.5 Å². The van der Waals surface area contributed by atoms with Gasteiger partial charge in [-0.05, 0) is 73.0 Å². The molecule has 2 fully saturated rings. The van der Waals surface area contributed by atoms with Crippen molar-refractivity contribution in [3.05, 3.63) is 87.6 Å². The third-order valence-corrected chi connectivity index (χ3v) is 6.71. The first-order valence-electron chi connectivity index (χ1n) is 11.2. The fourth-order valence-electron chi connectivity index (χ4n) is 3.70. The topological polar surface area (TPSA) is 78.5 Å². The maximum absolute atomic E-state index is 13.4. The van der Waals surface area contributed by atoms with Crippen LogP contribution in [0.25, 0.3) is 0 Å². The van der Waals surface area contributed by atoms with Crippen LogP contribution in [0, 0.1) is 0 Å². The SMILES string of the molecule is O=C(NC1CC1)c1ccc(CN(C(=O)c2cccc(NC(=O)c3cccs3)c2)C2CC2)cc1. The lowest BCUT2D eigenvalue weighted by Crippen LogP contribution is -2.32. The van der Waals surface area contributed by atoms with Gasteiger partial charge in [0.05, 0.1) is 4.88 Å². The van der Waals surface area contributed by atoms with Crippen molar-refractivity contribution in [2.75, 3.05) is 5.32 Å². The normalized spacial score (nSPS) is 15.0. The molecule has 2 saturated carbocycles. The van der Waals surface area contributed by atoms with Crippen molar-refractivity contribution in [2.24, 2.45) is 0 Å². The van der Waals surface area contributed by atoms with Crippen molar-refractivity contribution in [3.63, 3.8) is 0 Å². The van der Waals surface area contributed by atoms with Crippen molar-refractivity contribution in [1.29, 1.82) is 0 Å². The lowest BCUT2D eigenvalue weighted by molar-refractivity contribution is 0.0729. The number of nitrogens with zero attached hydrogens (tertiary/aromatic N) is 1. The predicted octanol–water partition coefficient (Wildman–Crippen LogP) is 4.70. The summed E-state index contributed by atoms with van der Waals surface area (Å²) >= 11 is 1.38. The van der Waals surface area contributed by atoms with Gasteiger partial charge in [0, 0.05) is 35.4 Å². The average Bonchev–Trinajstić information content (AvgIpc) is 3.77. The largest absolute Gasteiger partial charge is 0.349 e. The maximum atomic E-state index is 13.4. The number of amides is 3. The van der Waals surface area contributed by atoms with E-state index in [9.17, 15) is 14.4 Å². The van der Waals surface area contributed by atoms with Crippen molar-refractivity contribution < 1.29 is 14.4 Å². The molecular weight excluding hydrogens is 434 g/mol. The number of rotatable bonds is 8. The summed E-state index contributed by atoms with van der Waals surface area (Å²) in [7, 11) is 0. The van der Waals surface area contributed by atoms with E-state index in [1.807, 2.05) is 40.6 Å². The Kier molecular flexibility index (Phi) is 5.96. The highest BCUT2D eigenvalue weighted by Crippen LogP contribution is 2.30. The van der Waals surface area contributed by atoms with E-state index in [-0.39, 0.29) is 23.8 Å². The maximum Gasteiger partial charge on any atom is 0.265 e. The minimum absolute atomic E-state index is 0.0411. The standard InChI is InChI=1S/C26H25N3O3S/c30-24(27-20-10-11-20)18-8-6-17(7-9-18)16-29(22-12-13-22)26(32)19-3-1-4-21(15-19)28-25(31)23-5-2-14-33-23/h1-9,14-15,20,22H,10-13,16H2,(H,27,30)(H,28,31). The van der Waals surface area contributed by atoms with Gasteiger partial charge in [-0.1, -0.05) is 24.3 Å². The molecule has 0 aliphatic heterocycles. The van der Waals surface area contributed by atoms with Crippen molar-refractivity contribution in [2.45, 2.75) is 44.3 Å². The summed E-state index contributed by atoms with van der Waals surface area (Å²) in [6.45, 7) is 0.486. The fourth-order valence-corrected chi connectivity index (χ4v) is 4.32. The van der Waals surface area contributed by atoms with Crippen LogP contribution in [0.5, 0.6) is 0 Å². The summed E-state index contributed by atoms with van der Waals surface area (Å²) in [5, 5.41) is 7.72. The summed E-state index contributed by atoms with van der Waals surface area (Å²) < 4.78 is 0. The van der Waals surface area contributed by atoms with E-state index in [4.69, 9.17) is 0 Å². The summed E-state index contributed by atoms with van der Waals surface area (Å²) in [5.41, 5.74) is 2.77. The number of hydrogen-bond donors (Lipinski definition) is 2. The molecule has 0 bridgehead atoms. The predicted molar refractivity (Wildman–Crippen MR) is 129 cm³/mol. The minimum Gasteiger partial charge on any atom is -0.349 e. The molecule has 2 aliphatic carbocycles. The molecular formula is C26H25N3O3S. The summed E-state index contributed by atoms with van der Waals surface area (Å²) in [6.07, 6.45) is 4.09. The van der Waals surface area contributed by atoms with Crippen LogP contribution in [0.3, 0.4) is 0 Å². The Balaban J connectivity index is 1.27. The third kappa shape index (κ3) is 5.31. The van der Waals surface area contributed by atoms with Gasteiger partial charge in [-0.3, -0.25) is 14.4 Å². The molecule has 0 radical (unpaired) electrons. The second-order valence-corrected chi connectivity index (χ2v) is 9.57. The molecule has 0 spiro atoms. The summed E-state index contributed by atoms with van der Waals surface area (Å²) in [6, 6.07) is 18.7. The van der Waals surface area contributed by atoms with E-state index < -0.39 is 0 Å². The lowest BCUT2D eigenvalue weighted by atomic mass is 10.1. The summed E-state index contributed by atoms with van der Waals surface area (Å²) in [5.74, 6) is -0.277. The molecule has 2 N–H and O–H groups in total. The van der Waals surface area contributed by atoms with E-state index >= 15 is 0 Å². The molecule has 168 valence electrons. The molecule has 1 heterocycles. The number of anilines is 1. The smallest absolute Gasteiger partial charge is 0.265 e. The first-order valence-corrected chi connectivity index (χ1v) is 12.1. The first kappa shape index (κ1) is 21.4. The van der Waals surface area contributed by atoms with E-state index in [0.717, 1.165) is 31.2 Å². The molecule has 3 amide bonds. The average molecular weight is 460 g/mol. The number of carbonyl (C=O) groups is 3. The number of nitrogens with one attached hydrogen (secondary N) is 2. The van der Waals surface area contributed by atoms with Crippen LogP contribution in [0.2, 0.25) is 0 Å². The number of hydrogen-bond acceptors (Lipinski definition) is 4. The highest BCUT2D eigenvalue weighted by molar-refractivity contribution is 7.12.